The quantitative estimate of drug-likeness (QED) is 0.558. The Morgan fingerprint density at radius 3 is 2.66 bits per heavy atom. The lowest BCUT2D eigenvalue weighted by Gasteiger charge is -2.25. The number of aromatic nitrogens is 1. The van der Waals surface area contributed by atoms with Crippen LogP contribution in [0, 0.1) is 11.7 Å². The zero-order valence-electron chi connectivity index (χ0n) is 18.4. The molecule has 32 heavy (non-hydrogen) atoms. The van der Waals surface area contributed by atoms with Gasteiger partial charge in [-0.15, -0.1) is 0 Å². The van der Waals surface area contributed by atoms with Crippen LogP contribution in [0.15, 0.2) is 42.5 Å². The molecule has 2 N–H and O–H groups in total. The minimum Gasteiger partial charge on any atom is -0.356 e. The molecular weight excluding hydrogens is 403 g/mol. The molecule has 1 aromatic heterocycles. The topological polar surface area (TPSA) is 62.0 Å². The minimum atomic E-state index is -0.274. The number of H-pyrrole nitrogens is 1. The fraction of sp³-hybridized carbons (Fsp3) is 0.407. The van der Waals surface area contributed by atoms with Crippen molar-refractivity contribution in [2.45, 2.75) is 63.8 Å². The number of nitrogens with one attached hydrogen (secondary N) is 2. The first-order valence-corrected chi connectivity index (χ1v) is 11.7. The molecule has 4 nitrogen and oxygen atoms in total. The molecule has 3 aromatic rings. The van der Waals surface area contributed by atoms with Gasteiger partial charge in [-0.2, -0.15) is 0 Å². The molecular formula is C27H29FN2O2. The molecule has 3 unspecified atom stereocenters. The number of hydrogen-bond acceptors (Lipinski definition) is 2. The van der Waals surface area contributed by atoms with Crippen LogP contribution >= 0.6 is 0 Å². The molecule has 2 aromatic carbocycles. The number of halogens is 1. The van der Waals surface area contributed by atoms with E-state index in [0.717, 1.165) is 71.8 Å². The largest absolute Gasteiger partial charge is 0.356 e. The molecule has 0 radical (unpaired) electrons. The van der Waals surface area contributed by atoms with Gasteiger partial charge in [0.25, 0.3) is 0 Å². The SMILES string of the molecule is CC(C(=O)NC1CCCc2c1[nH]c1ccc(F)cc21)c1ccc(CC2CCCC2=O)cc1. The van der Waals surface area contributed by atoms with Crippen molar-refractivity contribution in [3.63, 3.8) is 0 Å². The van der Waals surface area contributed by atoms with E-state index in [0.29, 0.717) is 12.2 Å². The van der Waals surface area contributed by atoms with Crippen LogP contribution in [0.25, 0.3) is 10.9 Å². The molecule has 1 saturated carbocycles. The van der Waals surface area contributed by atoms with E-state index in [2.05, 4.69) is 22.4 Å². The zero-order chi connectivity index (χ0) is 22.2. The molecule has 2 aliphatic rings. The summed E-state index contributed by atoms with van der Waals surface area (Å²) in [6, 6.07) is 12.9. The van der Waals surface area contributed by atoms with E-state index in [1.807, 2.05) is 19.1 Å². The Morgan fingerprint density at radius 1 is 1.12 bits per heavy atom. The van der Waals surface area contributed by atoms with Gasteiger partial charge in [-0.3, -0.25) is 9.59 Å². The summed E-state index contributed by atoms with van der Waals surface area (Å²) in [6.07, 6.45) is 6.24. The summed E-state index contributed by atoms with van der Waals surface area (Å²) in [5.74, 6) is 0.0239. The smallest absolute Gasteiger partial charge is 0.227 e. The average Bonchev–Trinajstić information content (AvgIpc) is 3.37. The maximum Gasteiger partial charge on any atom is 0.227 e. The van der Waals surface area contributed by atoms with Gasteiger partial charge < -0.3 is 10.3 Å². The third-order valence-electron chi connectivity index (χ3n) is 7.27. The second kappa shape index (κ2) is 8.53. The van der Waals surface area contributed by atoms with Crippen molar-refractivity contribution in [1.82, 2.24) is 10.3 Å². The molecule has 0 spiro atoms. The molecule has 1 heterocycles. The Bertz CT molecular complexity index is 1160. The summed E-state index contributed by atoms with van der Waals surface area (Å²) in [4.78, 5) is 28.4. The molecule has 0 saturated heterocycles. The first-order valence-electron chi connectivity index (χ1n) is 11.7. The van der Waals surface area contributed by atoms with Gasteiger partial charge >= 0.3 is 0 Å². The summed E-state index contributed by atoms with van der Waals surface area (Å²) in [5.41, 5.74) is 5.17. The van der Waals surface area contributed by atoms with Gasteiger partial charge in [-0.1, -0.05) is 24.3 Å². The van der Waals surface area contributed by atoms with Crippen molar-refractivity contribution in [2.24, 2.45) is 5.92 Å². The fourth-order valence-corrected chi connectivity index (χ4v) is 5.36. The lowest BCUT2D eigenvalue weighted by atomic mass is 9.90. The van der Waals surface area contributed by atoms with Gasteiger partial charge in [0.2, 0.25) is 5.91 Å². The summed E-state index contributed by atoms with van der Waals surface area (Å²) in [7, 11) is 0. The second-order valence-corrected chi connectivity index (χ2v) is 9.38. The van der Waals surface area contributed by atoms with Gasteiger partial charge in [-0.05, 0) is 80.3 Å². The molecule has 166 valence electrons. The number of carbonyl (C=O) groups is 2. The monoisotopic (exact) mass is 432 g/mol. The van der Waals surface area contributed by atoms with Crippen LogP contribution < -0.4 is 5.32 Å². The van der Waals surface area contributed by atoms with Crippen molar-refractivity contribution < 1.29 is 14.0 Å². The van der Waals surface area contributed by atoms with Gasteiger partial charge in [0.1, 0.15) is 11.6 Å². The molecule has 5 rings (SSSR count). The highest BCUT2D eigenvalue weighted by atomic mass is 19.1. The van der Waals surface area contributed by atoms with Crippen LogP contribution in [-0.2, 0) is 22.4 Å². The van der Waals surface area contributed by atoms with E-state index in [1.54, 1.807) is 12.1 Å². The zero-order valence-corrected chi connectivity index (χ0v) is 18.4. The first kappa shape index (κ1) is 20.9. The number of aromatic amines is 1. The minimum absolute atomic E-state index is 0.00796. The Labute approximate surface area is 187 Å². The second-order valence-electron chi connectivity index (χ2n) is 9.38. The van der Waals surface area contributed by atoms with Crippen LogP contribution in [0.1, 0.15) is 73.4 Å². The molecule has 5 heteroatoms. The van der Waals surface area contributed by atoms with E-state index >= 15 is 0 Å². The number of carbonyl (C=O) groups excluding carboxylic acids is 2. The Hall–Kier alpha value is -2.95. The van der Waals surface area contributed by atoms with Gasteiger partial charge in [0.15, 0.2) is 0 Å². The van der Waals surface area contributed by atoms with Gasteiger partial charge in [0, 0.05) is 28.9 Å². The molecule has 0 bridgehead atoms. The van der Waals surface area contributed by atoms with E-state index in [4.69, 9.17) is 0 Å². The van der Waals surface area contributed by atoms with Crippen LogP contribution in [-0.4, -0.2) is 16.7 Å². The summed E-state index contributed by atoms with van der Waals surface area (Å²) in [6.45, 7) is 1.93. The number of rotatable bonds is 5. The number of Topliss-reactive ketones (excluding diaryl/α,β-unsaturated/α-hetero) is 1. The Kier molecular flexibility index (Phi) is 5.58. The van der Waals surface area contributed by atoms with Crippen molar-refractivity contribution in [3.8, 4) is 0 Å². The predicted molar refractivity (Wildman–Crippen MR) is 123 cm³/mol. The highest BCUT2D eigenvalue weighted by molar-refractivity contribution is 5.87. The van der Waals surface area contributed by atoms with Gasteiger partial charge in [0.05, 0.1) is 12.0 Å². The van der Waals surface area contributed by atoms with Gasteiger partial charge in [-0.25, -0.2) is 4.39 Å². The maximum atomic E-state index is 13.7. The lowest BCUT2D eigenvalue weighted by Crippen LogP contribution is -2.34. The summed E-state index contributed by atoms with van der Waals surface area (Å²) < 4.78 is 13.7. The molecule has 3 atom stereocenters. The van der Waals surface area contributed by atoms with Crippen LogP contribution in [0.4, 0.5) is 4.39 Å². The fourth-order valence-electron chi connectivity index (χ4n) is 5.36. The molecule has 1 fully saturated rings. The lowest BCUT2D eigenvalue weighted by molar-refractivity contribution is -0.123. The third-order valence-corrected chi connectivity index (χ3v) is 7.27. The molecule has 2 aliphatic carbocycles. The third kappa shape index (κ3) is 3.96. The van der Waals surface area contributed by atoms with E-state index < -0.39 is 0 Å². The maximum absolute atomic E-state index is 13.7. The standard InChI is InChI=1S/C27H29FN2O2/c1-16(18-10-8-17(9-11-18)14-19-4-2-7-25(19)31)27(32)30-24-6-3-5-21-22-15-20(28)12-13-23(22)29-26(21)24/h8-13,15-16,19,24,29H,2-7,14H2,1H3,(H,30,32). The first-order chi connectivity index (χ1) is 15.5. The number of hydrogen-bond donors (Lipinski definition) is 2. The number of amides is 1. The Morgan fingerprint density at radius 2 is 1.91 bits per heavy atom. The average molecular weight is 433 g/mol. The van der Waals surface area contributed by atoms with Crippen LogP contribution in [0.3, 0.4) is 0 Å². The van der Waals surface area contributed by atoms with E-state index in [1.165, 1.54) is 6.07 Å². The highest BCUT2D eigenvalue weighted by Crippen LogP contribution is 2.35. The number of ketones is 1. The number of aryl methyl sites for hydroxylation is 1. The van der Waals surface area contributed by atoms with Crippen molar-refractivity contribution in [3.05, 3.63) is 70.7 Å². The Balaban J connectivity index is 1.28. The van der Waals surface area contributed by atoms with Crippen molar-refractivity contribution >= 4 is 22.6 Å². The highest BCUT2D eigenvalue weighted by Gasteiger charge is 2.28. The predicted octanol–water partition coefficient (Wildman–Crippen LogP) is 5.52. The normalized spacial score (nSPS) is 21.5. The van der Waals surface area contributed by atoms with Crippen molar-refractivity contribution in [2.75, 3.05) is 0 Å². The summed E-state index contributed by atoms with van der Waals surface area (Å²) in [5, 5.41) is 4.14. The number of benzene rings is 2. The molecule has 0 aliphatic heterocycles. The summed E-state index contributed by atoms with van der Waals surface area (Å²) >= 11 is 0. The number of fused-ring (bicyclic) bond motifs is 3. The van der Waals surface area contributed by atoms with E-state index in [-0.39, 0.29) is 29.6 Å². The van der Waals surface area contributed by atoms with E-state index in [9.17, 15) is 14.0 Å². The molecule has 1 amide bonds. The van der Waals surface area contributed by atoms with Crippen LogP contribution in [0.2, 0.25) is 0 Å². The van der Waals surface area contributed by atoms with Crippen LogP contribution in [0.5, 0.6) is 0 Å². The van der Waals surface area contributed by atoms with Crippen molar-refractivity contribution in [1.29, 1.82) is 0 Å².